The van der Waals surface area contributed by atoms with E-state index in [1.54, 1.807) is 0 Å². The fraction of sp³-hybridized carbons (Fsp3) is 0.619. The van der Waals surface area contributed by atoms with Gasteiger partial charge in [-0.3, -0.25) is 9.79 Å². The van der Waals surface area contributed by atoms with E-state index >= 15 is 0 Å². The van der Waals surface area contributed by atoms with Crippen molar-refractivity contribution in [3.63, 3.8) is 0 Å². The number of nitrogens with one attached hydrogen (secondary N) is 2. The molecule has 1 unspecified atom stereocenters. The van der Waals surface area contributed by atoms with Crippen LogP contribution in [0.2, 0.25) is 0 Å². The van der Waals surface area contributed by atoms with E-state index in [1.165, 1.54) is 5.69 Å². The monoisotopic (exact) mass is 501 g/mol. The Bertz CT molecular complexity index is 596. The zero-order valence-electron chi connectivity index (χ0n) is 17.5. The maximum Gasteiger partial charge on any atom is 0.222 e. The second-order valence-corrected chi connectivity index (χ2v) is 6.85. The van der Waals surface area contributed by atoms with Gasteiger partial charge in [-0.2, -0.15) is 0 Å². The van der Waals surface area contributed by atoms with E-state index < -0.39 is 0 Å². The third kappa shape index (κ3) is 7.85. The van der Waals surface area contributed by atoms with Crippen LogP contribution in [0.15, 0.2) is 35.3 Å². The molecule has 0 aliphatic carbocycles. The molecule has 6 nitrogen and oxygen atoms in total. The van der Waals surface area contributed by atoms with Gasteiger partial charge in [-0.15, -0.1) is 24.0 Å². The number of likely N-dealkylation sites (tertiary alicyclic amines) is 1. The third-order valence-corrected chi connectivity index (χ3v) is 4.89. The van der Waals surface area contributed by atoms with Crippen molar-refractivity contribution >= 4 is 41.5 Å². The zero-order valence-corrected chi connectivity index (χ0v) is 19.8. The van der Waals surface area contributed by atoms with E-state index in [0.29, 0.717) is 6.42 Å². The second kappa shape index (κ2) is 13.6. The van der Waals surface area contributed by atoms with Crippen molar-refractivity contribution in [1.29, 1.82) is 0 Å². The van der Waals surface area contributed by atoms with Gasteiger partial charge in [0, 0.05) is 57.4 Å². The Kier molecular flexibility index (Phi) is 11.9. The minimum Gasteiger partial charge on any atom is -0.372 e. The molecule has 0 spiro atoms. The number of benzene rings is 1. The average molecular weight is 501 g/mol. The minimum atomic E-state index is 0. The van der Waals surface area contributed by atoms with Gasteiger partial charge in [0.15, 0.2) is 5.96 Å². The van der Waals surface area contributed by atoms with Crippen molar-refractivity contribution in [2.24, 2.45) is 4.99 Å². The Morgan fingerprint density at radius 1 is 1.25 bits per heavy atom. The first kappa shape index (κ1) is 24.5. The number of halogens is 1. The SMILES string of the molecule is CCNC(=NCCCN(CC)c1ccccc1)NC1CCN(C(=O)CC)C1.I. The highest BCUT2D eigenvalue weighted by molar-refractivity contribution is 14.0. The number of hydrogen-bond donors (Lipinski definition) is 2. The lowest BCUT2D eigenvalue weighted by atomic mass is 10.2. The topological polar surface area (TPSA) is 60.0 Å². The van der Waals surface area contributed by atoms with Gasteiger partial charge in [-0.25, -0.2) is 0 Å². The number of rotatable bonds is 9. The predicted octanol–water partition coefficient (Wildman–Crippen LogP) is 3.09. The van der Waals surface area contributed by atoms with E-state index in [9.17, 15) is 4.79 Å². The molecule has 2 rings (SSSR count). The Balaban J connectivity index is 0.00000392. The van der Waals surface area contributed by atoms with E-state index in [4.69, 9.17) is 4.99 Å². The minimum absolute atomic E-state index is 0. The molecule has 0 radical (unpaired) electrons. The molecule has 7 heteroatoms. The molecule has 0 aromatic heterocycles. The summed E-state index contributed by atoms with van der Waals surface area (Å²) in [5, 5.41) is 6.81. The van der Waals surface area contributed by atoms with E-state index in [2.05, 4.69) is 53.6 Å². The van der Waals surface area contributed by atoms with Crippen molar-refractivity contribution in [3.05, 3.63) is 30.3 Å². The van der Waals surface area contributed by atoms with Gasteiger partial charge in [0.1, 0.15) is 0 Å². The summed E-state index contributed by atoms with van der Waals surface area (Å²) >= 11 is 0. The average Bonchev–Trinajstić information content (AvgIpc) is 3.16. The zero-order chi connectivity index (χ0) is 19.5. The van der Waals surface area contributed by atoms with Crippen LogP contribution < -0.4 is 15.5 Å². The summed E-state index contributed by atoms with van der Waals surface area (Å²) in [5.74, 6) is 1.10. The molecule has 1 aliphatic rings. The number of carbonyl (C=O) groups excluding carboxylic acids is 1. The largest absolute Gasteiger partial charge is 0.372 e. The molecule has 28 heavy (non-hydrogen) atoms. The fourth-order valence-corrected chi connectivity index (χ4v) is 3.40. The number of para-hydroxylation sites is 1. The summed E-state index contributed by atoms with van der Waals surface area (Å²) in [6.45, 7) is 11.4. The molecule has 1 fully saturated rings. The van der Waals surface area contributed by atoms with Crippen LogP contribution in [-0.4, -0.2) is 62.1 Å². The number of anilines is 1. The van der Waals surface area contributed by atoms with Crippen LogP contribution in [-0.2, 0) is 4.79 Å². The number of hydrogen-bond acceptors (Lipinski definition) is 3. The highest BCUT2D eigenvalue weighted by atomic mass is 127. The van der Waals surface area contributed by atoms with Gasteiger partial charge in [-0.05, 0) is 38.8 Å². The van der Waals surface area contributed by atoms with Crippen molar-refractivity contribution in [1.82, 2.24) is 15.5 Å². The maximum absolute atomic E-state index is 11.8. The molecule has 1 amide bonds. The number of amides is 1. The van der Waals surface area contributed by atoms with Crippen molar-refractivity contribution < 1.29 is 4.79 Å². The van der Waals surface area contributed by atoms with E-state index in [1.807, 2.05) is 17.9 Å². The summed E-state index contributed by atoms with van der Waals surface area (Å²) < 4.78 is 0. The Morgan fingerprint density at radius 3 is 2.64 bits per heavy atom. The predicted molar refractivity (Wildman–Crippen MR) is 129 cm³/mol. The Hall–Kier alpha value is -1.51. The van der Waals surface area contributed by atoms with Gasteiger partial charge in [0.25, 0.3) is 0 Å². The lowest BCUT2D eigenvalue weighted by Gasteiger charge is -2.23. The lowest BCUT2D eigenvalue weighted by Crippen LogP contribution is -2.45. The van der Waals surface area contributed by atoms with Crippen LogP contribution in [0.5, 0.6) is 0 Å². The smallest absolute Gasteiger partial charge is 0.222 e. The quantitative estimate of drug-likeness (QED) is 0.236. The standard InChI is InChI=1S/C21H35N5O.HI/c1-4-20(27)26-16-13-18(17-26)24-21(22-5-2)23-14-10-15-25(6-3)19-11-8-7-9-12-19;/h7-9,11-12,18H,4-6,10,13-17H2,1-3H3,(H2,22,23,24);1H. The fourth-order valence-electron chi connectivity index (χ4n) is 3.40. The first-order valence-electron chi connectivity index (χ1n) is 10.3. The second-order valence-electron chi connectivity index (χ2n) is 6.85. The summed E-state index contributed by atoms with van der Waals surface area (Å²) in [5.41, 5.74) is 1.26. The molecule has 2 N–H and O–H groups in total. The van der Waals surface area contributed by atoms with Gasteiger partial charge in [0.05, 0.1) is 0 Å². The summed E-state index contributed by atoms with van der Waals surface area (Å²) in [7, 11) is 0. The molecule has 1 aromatic rings. The van der Waals surface area contributed by atoms with Crippen LogP contribution in [0, 0.1) is 0 Å². The molecule has 158 valence electrons. The van der Waals surface area contributed by atoms with Gasteiger partial charge >= 0.3 is 0 Å². The molecule has 1 aliphatic heterocycles. The summed E-state index contributed by atoms with van der Waals surface area (Å²) in [6, 6.07) is 10.8. The van der Waals surface area contributed by atoms with Crippen molar-refractivity contribution in [2.45, 2.75) is 46.1 Å². The van der Waals surface area contributed by atoms with Crippen molar-refractivity contribution in [3.8, 4) is 0 Å². The molecule has 0 bridgehead atoms. The summed E-state index contributed by atoms with van der Waals surface area (Å²) in [6.07, 6.45) is 2.56. The molecule has 1 atom stereocenters. The van der Waals surface area contributed by atoms with Gasteiger partial charge in [0.2, 0.25) is 5.91 Å². The molecule has 0 saturated carbocycles. The maximum atomic E-state index is 11.8. The van der Waals surface area contributed by atoms with E-state index in [0.717, 1.165) is 58.1 Å². The van der Waals surface area contributed by atoms with Gasteiger partial charge in [-0.1, -0.05) is 25.1 Å². The summed E-state index contributed by atoms with van der Waals surface area (Å²) in [4.78, 5) is 20.9. The molecular formula is C21H36IN5O. The van der Waals surface area contributed by atoms with Gasteiger partial charge < -0.3 is 20.4 Å². The third-order valence-electron chi connectivity index (χ3n) is 4.89. The van der Waals surface area contributed by atoms with Crippen molar-refractivity contribution in [2.75, 3.05) is 44.2 Å². The first-order valence-corrected chi connectivity index (χ1v) is 10.3. The Morgan fingerprint density at radius 2 is 2.00 bits per heavy atom. The molecule has 1 saturated heterocycles. The number of carbonyl (C=O) groups is 1. The first-order chi connectivity index (χ1) is 13.2. The van der Waals surface area contributed by atoms with E-state index in [-0.39, 0.29) is 35.9 Å². The lowest BCUT2D eigenvalue weighted by molar-refractivity contribution is -0.129. The number of nitrogens with zero attached hydrogens (tertiary/aromatic N) is 3. The van der Waals surface area contributed by atoms with Crippen LogP contribution in [0.1, 0.15) is 40.0 Å². The highest BCUT2D eigenvalue weighted by Gasteiger charge is 2.25. The van der Waals surface area contributed by atoms with Crippen LogP contribution in [0.25, 0.3) is 0 Å². The molecule has 1 aromatic carbocycles. The number of guanidine groups is 1. The Labute approximate surface area is 187 Å². The van der Waals surface area contributed by atoms with Crippen LogP contribution in [0.3, 0.4) is 0 Å². The molecular weight excluding hydrogens is 465 g/mol. The normalized spacial score (nSPS) is 16.5. The molecule has 1 heterocycles. The van der Waals surface area contributed by atoms with Crippen LogP contribution in [0.4, 0.5) is 5.69 Å². The van der Waals surface area contributed by atoms with Crippen LogP contribution >= 0.6 is 24.0 Å². The highest BCUT2D eigenvalue weighted by Crippen LogP contribution is 2.13. The number of aliphatic imine (C=N–C) groups is 1.